The first-order valence-corrected chi connectivity index (χ1v) is 26.6. The van der Waals surface area contributed by atoms with Crippen molar-refractivity contribution in [3.8, 4) is 0 Å². The van der Waals surface area contributed by atoms with E-state index in [1.165, 1.54) is 7.11 Å². The number of hydrogen-bond acceptors (Lipinski definition) is 17. The number of ether oxygens (including phenoxy) is 1. The highest BCUT2D eigenvalue weighted by Crippen LogP contribution is 2.27. The van der Waals surface area contributed by atoms with Crippen molar-refractivity contribution >= 4 is 110 Å². The summed E-state index contributed by atoms with van der Waals surface area (Å²) in [4.78, 5) is 165. The van der Waals surface area contributed by atoms with Gasteiger partial charge < -0.3 is 58.3 Å². The molecule has 0 unspecified atom stereocenters. The number of Topliss-reactive ketones (excluding diaryl/α,β-unsaturated/α-hetero) is 4. The van der Waals surface area contributed by atoms with E-state index in [0.717, 1.165) is 33.3 Å². The molecule has 1 aromatic rings. The monoisotopic (exact) mass is 1070 g/mol. The van der Waals surface area contributed by atoms with Gasteiger partial charge in [0.25, 0.3) is 0 Å². The minimum absolute atomic E-state index is 0.00569. The number of carboxylic acids is 2. The van der Waals surface area contributed by atoms with Gasteiger partial charge >= 0.3 is 11.9 Å². The normalized spacial score (nSPS) is 23.9. The van der Waals surface area contributed by atoms with Gasteiger partial charge in [0.15, 0.2) is 29.1 Å². The van der Waals surface area contributed by atoms with Crippen LogP contribution in [0.25, 0.3) is 0 Å². The van der Waals surface area contributed by atoms with Gasteiger partial charge in [0.1, 0.15) is 6.04 Å². The highest BCUT2D eigenvalue weighted by atomic mass is 33.1. The minimum atomic E-state index is -1.75. The fourth-order valence-corrected chi connectivity index (χ4v) is 10.6. The number of rotatable bonds is 17. The van der Waals surface area contributed by atoms with Gasteiger partial charge in [-0.15, -0.1) is 11.8 Å². The van der Waals surface area contributed by atoms with Gasteiger partial charge in [-0.1, -0.05) is 51.9 Å². The molecule has 24 nitrogen and oxygen atoms in total. The van der Waals surface area contributed by atoms with E-state index in [1.807, 2.05) is 0 Å². The molecule has 0 aromatic heterocycles. The van der Waals surface area contributed by atoms with Crippen LogP contribution in [0, 0.1) is 17.8 Å². The molecule has 0 aliphatic carbocycles. The van der Waals surface area contributed by atoms with Crippen LogP contribution in [0.1, 0.15) is 63.4 Å². The van der Waals surface area contributed by atoms with Crippen LogP contribution >= 0.6 is 33.3 Å². The largest absolute Gasteiger partial charge is 0.481 e. The Morgan fingerprint density at radius 2 is 1.38 bits per heavy atom. The molecule has 3 rings (SSSR count). The molecule has 6 amide bonds. The van der Waals surface area contributed by atoms with Crippen molar-refractivity contribution in [3.63, 3.8) is 0 Å². The van der Waals surface area contributed by atoms with Crippen molar-refractivity contribution in [2.24, 2.45) is 34.2 Å². The van der Waals surface area contributed by atoms with E-state index in [1.54, 1.807) is 30.3 Å². The van der Waals surface area contributed by atoms with Crippen molar-refractivity contribution in [2.45, 2.75) is 88.4 Å². The van der Waals surface area contributed by atoms with E-state index in [9.17, 15) is 67.7 Å². The number of benzene rings is 1. The summed E-state index contributed by atoms with van der Waals surface area (Å²) in [6.07, 6.45) is -4.05. The van der Waals surface area contributed by atoms with Crippen LogP contribution in [0.3, 0.4) is 0 Å². The molecule has 2 heterocycles. The number of carbonyl (C=O) groups excluding carboxylic acids is 10. The first-order chi connectivity index (χ1) is 34.3. The molecule has 1 aromatic carbocycles. The molecule has 2 aliphatic heterocycles. The molecule has 2 aliphatic rings. The number of carboxylic acid groups (broad SMARTS) is 2. The van der Waals surface area contributed by atoms with Crippen LogP contribution in [0.5, 0.6) is 0 Å². The number of aliphatic carboxylic acids is 2. The molecule has 72 heavy (non-hydrogen) atoms. The predicted molar refractivity (Wildman–Crippen MR) is 266 cm³/mol. The fraction of sp³-hybridized carbons (Fsp3) is 0.578. The smallest absolute Gasteiger partial charge is 0.305 e. The molecule has 2 fully saturated rings. The van der Waals surface area contributed by atoms with E-state index < -0.39 is 157 Å². The maximum atomic E-state index is 14.5. The quantitative estimate of drug-likeness (QED) is 0.0358. The van der Waals surface area contributed by atoms with Crippen LogP contribution in [0.4, 0.5) is 0 Å². The Morgan fingerprint density at radius 3 is 2.00 bits per heavy atom. The Balaban J connectivity index is 2.16. The Hall–Kier alpha value is -6.06. The summed E-state index contributed by atoms with van der Waals surface area (Å²) >= 11 is 0.832. The van der Waals surface area contributed by atoms with Gasteiger partial charge in [-0.25, -0.2) is 0 Å². The molecule has 2 saturated heterocycles. The summed E-state index contributed by atoms with van der Waals surface area (Å²) in [5.41, 5.74) is 11.5. The van der Waals surface area contributed by atoms with Gasteiger partial charge in [0, 0.05) is 81.4 Å². The maximum absolute atomic E-state index is 14.5. The molecule has 396 valence electrons. The fourth-order valence-electron chi connectivity index (χ4n) is 7.35. The average Bonchev–Trinajstić information content (AvgIpc) is 3.32. The van der Waals surface area contributed by atoms with Gasteiger partial charge in [0.05, 0.1) is 55.8 Å². The molecule has 27 heteroatoms. The van der Waals surface area contributed by atoms with Crippen molar-refractivity contribution in [1.29, 1.82) is 0 Å². The number of thioether (sulfide) groups is 1. The van der Waals surface area contributed by atoms with E-state index in [0.29, 0.717) is 5.56 Å². The number of nitrogens with one attached hydrogen (secondary N) is 6. The molecule has 2 bridgehead atoms. The second-order valence-electron chi connectivity index (χ2n) is 16.9. The summed E-state index contributed by atoms with van der Waals surface area (Å²) < 4.78 is 4.94. The number of nitrogens with zero attached hydrogens (tertiary/aromatic N) is 1. The van der Waals surface area contributed by atoms with Crippen LogP contribution in [0.2, 0.25) is 0 Å². The highest BCUT2D eigenvalue weighted by Gasteiger charge is 2.36. The zero-order chi connectivity index (χ0) is 53.2. The van der Waals surface area contributed by atoms with Crippen molar-refractivity contribution in [2.75, 3.05) is 56.4 Å². The second kappa shape index (κ2) is 32.1. The number of nitrogens with two attached hydrogens (primary N) is 2. The number of guanidine groups is 1. The van der Waals surface area contributed by atoms with Crippen LogP contribution in [-0.2, 0) is 68.7 Å². The Kier molecular flexibility index (Phi) is 26.9. The minimum Gasteiger partial charge on any atom is -0.481 e. The Labute approximate surface area is 427 Å². The van der Waals surface area contributed by atoms with Gasteiger partial charge in [0.2, 0.25) is 35.4 Å². The lowest BCUT2D eigenvalue weighted by atomic mass is 9.90. The summed E-state index contributed by atoms with van der Waals surface area (Å²) in [6.45, 7) is -0.262. The molecule has 7 atom stereocenters. The molecule has 0 radical (unpaired) electrons. The number of aliphatic imine (C=N–C) groups is 1. The molecular weight excluding hydrogens is 1000 g/mol. The van der Waals surface area contributed by atoms with E-state index in [4.69, 9.17) is 16.2 Å². The van der Waals surface area contributed by atoms with Gasteiger partial charge in [-0.3, -0.25) is 62.5 Å². The average molecular weight is 1070 g/mol. The summed E-state index contributed by atoms with van der Waals surface area (Å²) in [5.74, 6) is -16.1. The summed E-state index contributed by atoms with van der Waals surface area (Å²) in [7, 11) is 3.31. The Bertz CT molecular complexity index is 2150. The SMILES string of the molecule is COCCNC(=O)CCC(=O)[C@@H]1CSCC(=O)N[C@@H](CC(=O)O)C(=O)N[C@H]2CSSC[C@H](NC(=O)[C@H](CC(=O)O)CC(=O)CNC(=O)[C@H](CCCN=C(N)N)CC2=O)C(=O)C[C@@H](Cc2ccccc2)C(=O)N1. The second-order valence-corrected chi connectivity index (χ2v) is 20.5. The Morgan fingerprint density at radius 1 is 0.750 bits per heavy atom. The number of fused-ring (bicyclic) bond motifs is 5. The topological polar surface area (TPSA) is 391 Å². The maximum Gasteiger partial charge on any atom is 0.305 e. The van der Waals surface area contributed by atoms with Crippen LogP contribution in [-0.4, -0.2) is 167 Å². The van der Waals surface area contributed by atoms with E-state index in [2.05, 4.69) is 36.9 Å². The first-order valence-electron chi connectivity index (χ1n) is 22.9. The van der Waals surface area contributed by atoms with Crippen molar-refractivity contribution < 1.29 is 72.5 Å². The van der Waals surface area contributed by atoms with Crippen molar-refractivity contribution in [3.05, 3.63) is 35.9 Å². The van der Waals surface area contributed by atoms with E-state index >= 15 is 0 Å². The lowest BCUT2D eigenvalue weighted by Gasteiger charge is -2.26. The van der Waals surface area contributed by atoms with Gasteiger partial charge in [-0.05, 0) is 24.8 Å². The summed E-state index contributed by atoms with van der Waals surface area (Å²) in [5, 5.41) is 34.6. The number of methoxy groups -OCH3 is 1. The third-order valence-electron chi connectivity index (χ3n) is 11.1. The zero-order valence-corrected chi connectivity index (χ0v) is 42.1. The molecule has 12 N–H and O–H groups in total. The predicted octanol–water partition coefficient (Wildman–Crippen LogP) is -1.73. The third-order valence-corrected chi connectivity index (χ3v) is 14.6. The summed E-state index contributed by atoms with van der Waals surface area (Å²) in [6, 6.07) is 2.55. The number of hydrogen-bond donors (Lipinski definition) is 10. The van der Waals surface area contributed by atoms with E-state index in [-0.39, 0.29) is 75.0 Å². The molecular formula is C45H63N9O15S3. The highest BCUT2D eigenvalue weighted by molar-refractivity contribution is 8.76. The standard InChI is InChI=1S/C45H63N9O15S3/c1-69-13-12-48-37(59)10-9-34(56)31-21-70-24-38(60)51-30(19-40(63)64)44(68)54-33-23-72-71-22-32(36(58)17-27(42(66)52-31)14-25-6-3-2-4-7-25)53-43(67)28(18-39(61)62)15-29(55)20-50-41(65)26(16-35(33)57)8-5-11-49-45(46)47/h2-4,6-7,26-28,30-33H,5,8-24H2,1H3,(H,48,59)(H,50,65)(H,51,60)(H,52,66)(H,53,67)(H,54,68)(H,61,62)(H,63,64)(H4,46,47,49)/t26-,27-,28+,30+,31+,32+,33+/m1/s1. The third kappa shape index (κ3) is 23.0. The van der Waals surface area contributed by atoms with Crippen LogP contribution in [0.15, 0.2) is 35.3 Å². The van der Waals surface area contributed by atoms with Gasteiger partial charge in [-0.2, -0.15) is 0 Å². The molecule has 0 saturated carbocycles. The number of carbonyl (C=O) groups is 12. The number of ketones is 4. The first kappa shape index (κ1) is 60.2. The lowest BCUT2D eigenvalue weighted by molar-refractivity contribution is -0.142. The van der Waals surface area contributed by atoms with Crippen LogP contribution < -0.4 is 43.4 Å². The lowest BCUT2D eigenvalue weighted by Crippen LogP contribution is -2.53. The van der Waals surface area contributed by atoms with Crippen molar-refractivity contribution in [1.82, 2.24) is 31.9 Å². The zero-order valence-electron chi connectivity index (χ0n) is 39.7. The molecule has 0 spiro atoms. The number of amides is 6.